The number of carbonyl (C=O) groups excluding carboxylic acids is 2. The molecule has 0 radical (unpaired) electrons. The molecule has 0 heterocycles. The van der Waals surface area contributed by atoms with Crippen molar-refractivity contribution in [2.45, 2.75) is 12.8 Å². The Morgan fingerprint density at radius 1 is 1.12 bits per heavy atom. The zero-order valence-electron chi connectivity index (χ0n) is 14.0. The predicted molar refractivity (Wildman–Crippen MR) is 99.1 cm³/mol. The van der Waals surface area contributed by atoms with E-state index in [1.807, 2.05) is 18.2 Å². The quantitative estimate of drug-likeness (QED) is 0.560. The summed E-state index contributed by atoms with van der Waals surface area (Å²) in [5.41, 5.74) is 2.00. The fourth-order valence-corrected chi connectivity index (χ4v) is 2.49. The molecule has 0 fully saturated rings. The molecule has 2 aromatic rings. The number of aryl methyl sites for hydroxylation is 1. The van der Waals surface area contributed by atoms with Crippen LogP contribution in [0.25, 0.3) is 0 Å². The molecular formula is C19H21ClN2O3. The summed E-state index contributed by atoms with van der Waals surface area (Å²) < 4.78 is 4.66. The lowest BCUT2D eigenvalue weighted by atomic mass is 10.1. The SMILES string of the molecule is COC(=O)c1ccc(Cl)c(NC(=O)CNCCCc2ccccc2)c1. The monoisotopic (exact) mass is 360 g/mol. The van der Waals surface area contributed by atoms with Gasteiger partial charge in [0.15, 0.2) is 0 Å². The van der Waals surface area contributed by atoms with Crippen molar-refractivity contribution in [3.63, 3.8) is 0 Å². The molecule has 0 saturated heterocycles. The summed E-state index contributed by atoms with van der Waals surface area (Å²) in [6, 6.07) is 14.8. The molecule has 6 heteroatoms. The van der Waals surface area contributed by atoms with Gasteiger partial charge in [-0.25, -0.2) is 4.79 Å². The average molecular weight is 361 g/mol. The van der Waals surface area contributed by atoms with Crippen LogP contribution in [-0.4, -0.2) is 32.1 Å². The zero-order valence-corrected chi connectivity index (χ0v) is 14.8. The predicted octanol–water partition coefficient (Wildman–Crippen LogP) is 3.29. The molecule has 0 aliphatic rings. The third-order valence-electron chi connectivity index (χ3n) is 3.61. The third-order valence-corrected chi connectivity index (χ3v) is 3.94. The second-order valence-corrected chi connectivity index (χ2v) is 5.91. The van der Waals surface area contributed by atoms with Crippen LogP contribution in [0.2, 0.25) is 5.02 Å². The van der Waals surface area contributed by atoms with Crippen molar-refractivity contribution < 1.29 is 14.3 Å². The molecular weight excluding hydrogens is 340 g/mol. The van der Waals surface area contributed by atoms with Gasteiger partial charge in [0, 0.05) is 0 Å². The van der Waals surface area contributed by atoms with Crippen LogP contribution in [0, 0.1) is 0 Å². The van der Waals surface area contributed by atoms with Crippen LogP contribution in [-0.2, 0) is 16.0 Å². The van der Waals surface area contributed by atoms with Gasteiger partial charge in [0.05, 0.1) is 29.9 Å². The van der Waals surface area contributed by atoms with E-state index in [2.05, 4.69) is 27.5 Å². The minimum Gasteiger partial charge on any atom is -0.465 e. The average Bonchev–Trinajstić information content (AvgIpc) is 2.63. The lowest BCUT2D eigenvalue weighted by molar-refractivity contribution is -0.115. The Bertz CT molecular complexity index is 720. The van der Waals surface area contributed by atoms with E-state index in [0.717, 1.165) is 19.4 Å². The van der Waals surface area contributed by atoms with Crippen LogP contribution in [0.15, 0.2) is 48.5 Å². The van der Waals surface area contributed by atoms with Gasteiger partial charge < -0.3 is 15.4 Å². The maximum Gasteiger partial charge on any atom is 0.337 e. The zero-order chi connectivity index (χ0) is 18.1. The van der Waals surface area contributed by atoms with Crippen molar-refractivity contribution in [3.05, 3.63) is 64.7 Å². The van der Waals surface area contributed by atoms with Crippen molar-refractivity contribution in [2.75, 3.05) is 25.5 Å². The standard InChI is InChI=1S/C19H21ClN2O3/c1-25-19(24)15-9-10-16(20)17(12-15)22-18(23)13-21-11-5-8-14-6-3-2-4-7-14/h2-4,6-7,9-10,12,21H,5,8,11,13H2,1H3,(H,22,23). The second kappa shape index (κ2) is 9.81. The third kappa shape index (κ3) is 6.21. The molecule has 2 N–H and O–H groups in total. The van der Waals surface area contributed by atoms with E-state index in [0.29, 0.717) is 16.3 Å². The maximum absolute atomic E-state index is 12.0. The Kier molecular flexibility index (Phi) is 7.44. The number of esters is 1. The van der Waals surface area contributed by atoms with Crippen LogP contribution in [0.5, 0.6) is 0 Å². The summed E-state index contributed by atoms with van der Waals surface area (Å²) in [6.07, 6.45) is 1.90. The number of amides is 1. The molecule has 0 saturated carbocycles. The normalized spacial score (nSPS) is 10.3. The van der Waals surface area contributed by atoms with Crippen LogP contribution in [0.3, 0.4) is 0 Å². The number of rotatable bonds is 8. The van der Waals surface area contributed by atoms with E-state index < -0.39 is 5.97 Å². The molecule has 0 atom stereocenters. The topological polar surface area (TPSA) is 67.4 Å². The molecule has 0 unspecified atom stereocenters. The Morgan fingerprint density at radius 2 is 1.88 bits per heavy atom. The van der Waals surface area contributed by atoms with E-state index in [-0.39, 0.29) is 12.5 Å². The van der Waals surface area contributed by atoms with E-state index in [1.165, 1.54) is 18.7 Å². The maximum atomic E-state index is 12.0. The Labute approximate surface area is 152 Å². The first-order valence-corrected chi connectivity index (χ1v) is 8.40. The number of halogens is 1. The van der Waals surface area contributed by atoms with E-state index >= 15 is 0 Å². The number of ether oxygens (including phenoxy) is 1. The van der Waals surface area contributed by atoms with Crippen molar-refractivity contribution in [1.29, 1.82) is 0 Å². The minimum absolute atomic E-state index is 0.174. The van der Waals surface area contributed by atoms with E-state index in [9.17, 15) is 9.59 Å². The highest BCUT2D eigenvalue weighted by Crippen LogP contribution is 2.23. The Morgan fingerprint density at radius 3 is 2.60 bits per heavy atom. The highest BCUT2D eigenvalue weighted by molar-refractivity contribution is 6.33. The number of anilines is 1. The van der Waals surface area contributed by atoms with Crippen molar-refractivity contribution >= 4 is 29.2 Å². The first-order chi connectivity index (χ1) is 12.1. The lowest BCUT2D eigenvalue weighted by Crippen LogP contribution is -2.29. The summed E-state index contributed by atoms with van der Waals surface area (Å²) >= 11 is 6.05. The highest BCUT2D eigenvalue weighted by atomic mass is 35.5. The van der Waals surface area contributed by atoms with Gasteiger partial charge in [-0.3, -0.25) is 4.79 Å². The summed E-state index contributed by atoms with van der Waals surface area (Å²) in [4.78, 5) is 23.5. The molecule has 0 aliphatic heterocycles. The smallest absolute Gasteiger partial charge is 0.337 e. The first kappa shape index (κ1) is 19.0. The fraction of sp³-hybridized carbons (Fsp3) is 0.263. The largest absolute Gasteiger partial charge is 0.465 e. The summed E-state index contributed by atoms with van der Waals surface area (Å²) in [7, 11) is 1.30. The fourth-order valence-electron chi connectivity index (χ4n) is 2.32. The van der Waals surface area contributed by atoms with Gasteiger partial charge in [-0.05, 0) is 43.1 Å². The van der Waals surface area contributed by atoms with E-state index in [1.54, 1.807) is 12.1 Å². The molecule has 0 bridgehead atoms. The van der Waals surface area contributed by atoms with Gasteiger partial charge >= 0.3 is 5.97 Å². The van der Waals surface area contributed by atoms with Gasteiger partial charge in [-0.2, -0.15) is 0 Å². The van der Waals surface area contributed by atoms with Gasteiger partial charge in [-0.1, -0.05) is 41.9 Å². The first-order valence-electron chi connectivity index (χ1n) is 8.02. The molecule has 5 nitrogen and oxygen atoms in total. The number of hydrogen-bond acceptors (Lipinski definition) is 4. The molecule has 0 spiro atoms. The Balaban J connectivity index is 1.75. The highest BCUT2D eigenvalue weighted by Gasteiger charge is 2.11. The molecule has 0 aliphatic carbocycles. The Hall–Kier alpha value is -2.37. The summed E-state index contributed by atoms with van der Waals surface area (Å²) in [6.45, 7) is 0.909. The molecule has 1 amide bonds. The van der Waals surface area contributed by atoms with Crippen molar-refractivity contribution in [3.8, 4) is 0 Å². The van der Waals surface area contributed by atoms with E-state index in [4.69, 9.17) is 11.6 Å². The summed E-state index contributed by atoms with van der Waals surface area (Å²) in [5, 5.41) is 6.16. The number of methoxy groups -OCH3 is 1. The van der Waals surface area contributed by atoms with Crippen LogP contribution in [0.4, 0.5) is 5.69 Å². The van der Waals surface area contributed by atoms with Gasteiger partial charge in [0.25, 0.3) is 0 Å². The number of nitrogens with one attached hydrogen (secondary N) is 2. The summed E-state index contributed by atoms with van der Waals surface area (Å²) in [5.74, 6) is -0.699. The number of carbonyl (C=O) groups is 2. The van der Waals surface area contributed by atoms with Crippen LogP contribution in [0.1, 0.15) is 22.3 Å². The van der Waals surface area contributed by atoms with Crippen molar-refractivity contribution in [1.82, 2.24) is 5.32 Å². The molecule has 25 heavy (non-hydrogen) atoms. The number of hydrogen-bond donors (Lipinski definition) is 2. The molecule has 2 aromatic carbocycles. The van der Waals surface area contributed by atoms with Gasteiger partial charge in [-0.15, -0.1) is 0 Å². The van der Waals surface area contributed by atoms with Gasteiger partial charge in [0.1, 0.15) is 0 Å². The molecule has 0 aromatic heterocycles. The van der Waals surface area contributed by atoms with Gasteiger partial charge in [0.2, 0.25) is 5.91 Å². The van der Waals surface area contributed by atoms with Crippen molar-refractivity contribution in [2.24, 2.45) is 0 Å². The molecule has 2 rings (SSSR count). The van der Waals surface area contributed by atoms with Crippen LogP contribution >= 0.6 is 11.6 Å². The number of benzene rings is 2. The lowest BCUT2D eigenvalue weighted by Gasteiger charge is -2.10. The molecule has 132 valence electrons. The minimum atomic E-state index is -0.480. The second-order valence-electron chi connectivity index (χ2n) is 5.50. The van der Waals surface area contributed by atoms with Crippen LogP contribution < -0.4 is 10.6 Å².